The van der Waals surface area contributed by atoms with Crippen LogP contribution in [0.2, 0.25) is 5.02 Å². The van der Waals surface area contributed by atoms with Crippen molar-refractivity contribution in [1.82, 2.24) is 4.57 Å². The average molecular weight is 277 g/mol. The Kier molecular flexibility index (Phi) is 3.15. The van der Waals surface area contributed by atoms with Gasteiger partial charge in [0.2, 0.25) is 0 Å². The van der Waals surface area contributed by atoms with Crippen LogP contribution in [-0.4, -0.2) is 4.57 Å². The zero-order chi connectivity index (χ0) is 11.9. The molecule has 2 nitrogen and oxygen atoms in total. The molecule has 0 aliphatic heterocycles. The lowest BCUT2D eigenvalue weighted by molar-refractivity contribution is 0.888. The summed E-state index contributed by atoms with van der Waals surface area (Å²) in [5, 5.41) is 1.10. The largest absolute Gasteiger partial charge is 0.311 e. The number of pyridine rings is 1. The number of para-hydroxylation sites is 1. The quantitative estimate of drug-likeness (QED) is 0.729. The Morgan fingerprint density at radius 3 is 2.50 bits per heavy atom. The number of hydrogen-bond acceptors (Lipinski definition) is 1. The van der Waals surface area contributed by atoms with E-state index in [4.69, 9.17) is 34.8 Å². The summed E-state index contributed by atoms with van der Waals surface area (Å²) in [6, 6.07) is 7.34. The second-order valence-electron chi connectivity index (χ2n) is 3.41. The lowest BCUT2D eigenvalue weighted by atomic mass is 10.1. The number of nitrogens with zero attached hydrogens (tertiary/aromatic N) is 1. The second-order valence-corrected chi connectivity index (χ2v) is 4.88. The van der Waals surface area contributed by atoms with Gasteiger partial charge in [0.15, 0.2) is 0 Å². The van der Waals surface area contributed by atoms with Gasteiger partial charge in [0.1, 0.15) is 4.84 Å². The molecule has 0 unspecified atom stereocenters. The summed E-state index contributed by atoms with van der Waals surface area (Å²) in [4.78, 5) is 11.0. The molecule has 0 N–H and O–H groups in total. The van der Waals surface area contributed by atoms with Crippen molar-refractivity contribution >= 4 is 45.7 Å². The normalized spacial score (nSPS) is 11.3. The van der Waals surface area contributed by atoms with Crippen LogP contribution in [0.3, 0.4) is 0 Å². The van der Waals surface area contributed by atoms with E-state index in [0.29, 0.717) is 5.02 Å². The topological polar surface area (TPSA) is 22.0 Å². The van der Waals surface area contributed by atoms with E-state index in [9.17, 15) is 4.79 Å². The molecule has 84 valence electrons. The van der Waals surface area contributed by atoms with Crippen molar-refractivity contribution in [3.63, 3.8) is 0 Å². The number of halogens is 3. The number of aromatic nitrogens is 1. The smallest absolute Gasteiger partial charge is 0.258 e. The highest BCUT2D eigenvalue weighted by Gasteiger charge is 2.18. The average Bonchev–Trinajstić information content (AvgIpc) is 2.26. The summed E-state index contributed by atoms with van der Waals surface area (Å²) >= 11 is 17.6. The highest BCUT2D eigenvalue weighted by atomic mass is 35.5. The molecule has 0 aliphatic carbocycles. The van der Waals surface area contributed by atoms with Crippen LogP contribution in [0.1, 0.15) is 10.4 Å². The Morgan fingerprint density at radius 2 is 1.88 bits per heavy atom. The van der Waals surface area contributed by atoms with Gasteiger partial charge in [-0.05, 0) is 6.07 Å². The minimum absolute atomic E-state index is 0.228. The first-order chi connectivity index (χ1) is 7.54. The molecule has 0 saturated carbocycles. The van der Waals surface area contributed by atoms with Gasteiger partial charge in [-0.2, -0.15) is 0 Å². The molecule has 2 aromatic rings. The van der Waals surface area contributed by atoms with Crippen LogP contribution in [0.4, 0.5) is 0 Å². The van der Waals surface area contributed by atoms with Crippen LogP contribution in [-0.2, 0) is 7.05 Å². The maximum absolute atomic E-state index is 12.0. The van der Waals surface area contributed by atoms with Gasteiger partial charge in [-0.1, -0.05) is 53.0 Å². The van der Waals surface area contributed by atoms with Crippen LogP contribution in [0.25, 0.3) is 10.9 Å². The van der Waals surface area contributed by atoms with Gasteiger partial charge >= 0.3 is 0 Å². The number of alkyl halides is 2. The summed E-state index contributed by atoms with van der Waals surface area (Å²) in [5.41, 5.74) is 0.722. The summed E-state index contributed by atoms with van der Waals surface area (Å²) < 4.78 is 1.49. The summed E-state index contributed by atoms with van der Waals surface area (Å²) in [7, 11) is 1.67. The monoisotopic (exact) mass is 275 g/mol. The van der Waals surface area contributed by atoms with E-state index < -0.39 is 4.84 Å². The maximum atomic E-state index is 12.0. The molecule has 16 heavy (non-hydrogen) atoms. The van der Waals surface area contributed by atoms with E-state index in [1.54, 1.807) is 7.05 Å². The van der Waals surface area contributed by atoms with E-state index in [-0.39, 0.29) is 11.1 Å². The van der Waals surface area contributed by atoms with Gasteiger partial charge in [0, 0.05) is 12.4 Å². The number of rotatable bonds is 1. The Labute approximate surface area is 107 Å². The molecule has 1 heterocycles. The molecule has 0 atom stereocenters. The summed E-state index contributed by atoms with van der Waals surface area (Å²) in [6.45, 7) is 0. The lowest BCUT2D eigenvalue weighted by Gasteiger charge is -2.11. The van der Waals surface area contributed by atoms with Crippen LogP contribution < -0.4 is 5.56 Å². The number of benzene rings is 1. The summed E-state index contributed by atoms with van der Waals surface area (Å²) in [5.74, 6) is 0. The van der Waals surface area contributed by atoms with Crippen LogP contribution >= 0.6 is 34.8 Å². The van der Waals surface area contributed by atoms with Crippen LogP contribution in [0.5, 0.6) is 0 Å². The van der Waals surface area contributed by atoms with Crippen molar-refractivity contribution < 1.29 is 0 Å². The molecule has 2 rings (SSSR count). The van der Waals surface area contributed by atoms with Crippen LogP contribution in [0.15, 0.2) is 29.1 Å². The zero-order valence-corrected chi connectivity index (χ0v) is 10.6. The summed E-state index contributed by atoms with van der Waals surface area (Å²) in [6.07, 6.45) is 0. The molecule has 1 aromatic carbocycles. The Hall–Kier alpha value is -0.700. The third kappa shape index (κ3) is 1.71. The lowest BCUT2D eigenvalue weighted by Crippen LogP contribution is -2.22. The molecule has 0 radical (unpaired) electrons. The molecule has 1 aromatic heterocycles. The number of aryl methyl sites for hydroxylation is 1. The molecule has 5 heteroatoms. The zero-order valence-electron chi connectivity index (χ0n) is 8.38. The minimum atomic E-state index is -0.921. The number of fused-ring (bicyclic) bond motifs is 1. The molecule has 0 spiro atoms. The van der Waals surface area contributed by atoms with Gasteiger partial charge in [-0.3, -0.25) is 4.79 Å². The van der Waals surface area contributed by atoms with E-state index >= 15 is 0 Å². The first kappa shape index (κ1) is 11.8. The highest BCUT2D eigenvalue weighted by molar-refractivity contribution is 6.46. The van der Waals surface area contributed by atoms with Gasteiger partial charge < -0.3 is 4.57 Å². The molecular formula is C11H8Cl3NO. The predicted octanol–water partition coefficient (Wildman–Crippen LogP) is 3.67. The van der Waals surface area contributed by atoms with E-state index in [1.165, 1.54) is 4.57 Å². The van der Waals surface area contributed by atoms with Gasteiger partial charge in [-0.15, -0.1) is 0 Å². The van der Waals surface area contributed by atoms with Crippen molar-refractivity contribution in [3.8, 4) is 0 Å². The van der Waals surface area contributed by atoms with Gasteiger partial charge in [0.25, 0.3) is 5.56 Å². The third-order valence-electron chi connectivity index (χ3n) is 2.49. The Bertz CT molecular complexity index is 604. The third-order valence-corrected chi connectivity index (χ3v) is 3.34. The molecule has 0 bridgehead atoms. The molecule has 0 saturated heterocycles. The Morgan fingerprint density at radius 1 is 1.25 bits per heavy atom. The predicted molar refractivity (Wildman–Crippen MR) is 68.6 cm³/mol. The van der Waals surface area contributed by atoms with Crippen LogP contribution in [0, 0.1) is 0 Å². The van der Waals surface area contributed by atoms with Crippen molar-refractivity contribution in [3.05, 3.63) is 45.2 Å². The molecule has 0 aliphatic rings. The molecule has 0 fully saturated rings. The molecular weight excluding hydrogens is 268 g/mol. The standard InChI is InChI=1S/C11H8Cl3NO/c1-15-7-5-3-2-4-6(7)9(12)8(10(13)14)11(15)16/h2-5,10H,1H3. The minimum Gasteiger partial charge on any atom is -0.311 e. The van der Waals surface area contributed by atoms with Gasteiger partial charge in [0.05, 0.1) is 16.1 Å². The number of hydrogen-bond donors (Lipinski definition) is 0. The maximum Gasteiger partial charge on any atom is 0.258 e. The first-order valence-corrected chi connectivity index (χ1v) is 5.84. The van der Waals surface area contributed by atoms with Crippen molar-refractivity contribution in [2.24, 2.45) is 7.05 Å². The van der Waals surface area contributed by atoms with E-state index in [1.807, 2.05) is 24.3 Å². The fourth-order valence-corrected chi connectivity index (χ4v) is 2.54. The second kappa shape index (κ2) is 4.28. The van der Waals surface area contributed by atoms with Crippen molar-refractivity contribution in [2.75, 3.05) is 0 Å². The highest BCUT2D eigenvalue weighted by Crippen LogP contribution is 2.32. The van der Waals surface area contributed by atoms with Crippen molar-refractivity contribution in [1.29, 1.82) is 0 Å². The van der Waals surface area contributed by atoms with E-state index in [2.05, 4.69) is 0 Å². The van der Waals surface area contributed by atoms with Gasteiger partial charge in [-0.25, -0.2) is 0 Å². The van der Waals surface area contributed by atoms with E-state index in [0.717, 1.165) is 10.9 Å². The first-order valence-electron chi connectivity index (χ1n) is 4.59. The SMILES string of the molecule is Cn1c(=O)c(C(Cl)Cl)c(Cl)c2ccccc21. The fraction of sp³-hybridized carbons (Fsp3) is 0.182. The van der Waals surface area contributed by atoms with Crippen molar-refractivity contribution in [2.45, 2.75) is 4.84 Å². The molecule has 0 amide bonds. The fourth-order valence-electron chi connectivity index (χ4n) is 1.67. The Balaban J connectivity index is 3.01.